The Kier molecular flexibility index (Phi) is 33.4. The fraction of sp³-hybridized carbons (Fsp3) is 0.826. The van der Waals surface area contributed by atoms with Crippen LogP contribution in [0, 0.1) is 0 Å². The van der Waals surface area contributed by atoms with E-state index in [2.05, 4.69) is 37.5 Å². The van der Waals surface area contributed by atoms with E-state index in [4.69, 9.17) is 9.47 Å². The van der Waals surface area contributed by atoms with Gasteiger partial charge >= 0.3 is 11.9 Å². The van der Waals surface area contributed by atoms with Gasteiger partial charge in [-0.1, -0.05) is 182 Å². The summed E-state index contributed by atoms with van der Waals surface area (Å²) in [6, 6.07) is 6.80. The molecule has 0 aliphatic carbocycles. The Hall–Kier alpha value is -1.92. The molecule has 0 amide bonds. The lowest BCUT2D eigenvalue weighted by atomic mass is 10.1. The second kappa shape index (κ2) is 36.1. The minimum absolute atomic E-state index is 0.321. The van der Waals surface area contributed by atoms with E-state index in [9.17, 15) is 9.59 Å². The van der Waals surface area contributed by atoms with Gasteiger partial charge in [-0.3, -0.25) is 9.80 Å². The van der Waals surface area contributed by atoms with Crippen molar-refractivity contribution < 1.29 is 19.1 Å². The molecule has 1 aromatic rings. The van der Waals surface area contributed by atoms with Crippen molar-refractivity contribution in [1.29, 1.82) is 0 Å². The van der Waals surface area contributed by atoms with Crippen molar-refractivity contribution in [1.82, 2.24) is 9.80 Å². The van der Waals surface area contributed by atoms with Crippen LogP contribution in [-0.2, 0) is 9.47 Å². The Morgan fingerprint density at radius 1 is 0.365 bits per heavy atom. The summed E-state index contributed by atoms with van der Waals surface area (Å²) in [6.07, 6.45) is 35.8. The van der Waals surface area contributed by atoms with Crippen LogP contribution in [0.25, 0.3) is 0 Å². The number of hydrogen-bond donors (Lipinski definition) is 0. The highest BCUT2D eigenvalue weighted by molar-refractivity contribution is 5.93. The van der Waals surface area contributed by atoms with Crippen LogP contribution < -0.4 is 0 Å². The molecule has 0 aromatic heterocycles. The minimum Gasteiger partial charge on any atom is -0.446 e. The van der Waals surface area contributed by atoms with Crippen LogP contribution >= 0.6 is 0 Å². The number of carbonyl (C=O) groups excluding carboxylic acids is 2. The largest absolute Gasteiger partial charge is 0.446 e. The van der Waals surface area contributed by atoms with Crippen LogP contribution in [0.3, 0.4) is 0 Å². The topological polar surface area (TPSA) is 59.1 Å². The van der Waals surface area contributed by atoms with Crippen LogP contribution in [0.5, 0.6) is 0 Å². The summed E-state index contributed by atoms with van der Waals surface area (Å²) in [7, 11) is 0. The van der Waals surface area contributed by atoms with Crippen LogP contribution in [0.15, 0.2) is 24.3 Å². The first kappa shape index (κ1) is 48.1. The Balaban J connectivity index is 2.58. The third kappa shape index (κ3) is 27.7. The molecule has 0 radical (unpaired) electrons. The summed E-state index contributed by atoms with van der Waals surface area (Å²) in [5.41, 5.74) is 0.950. The van der Waals surface area contributed by atoms with Gasteiger partial charge in [0.05, 0.1) is 11.1 Å². The molecule has 0 unspecified atom stereocenters. The lowest BCUT2D eigenvalue weighted by Crippen LogP contribution is -2.30. The van der Waals surface area contributed by atoms with Crippen molar-refractivity contribution in [3.05, 3.63) is 35.4 Å². The van der Waals surface area contributed by atoms with E-state index in [1.54, 1.807) is 24.3 Å². The average Bonchev–Trinajstić information content (AvgIpc) is 3.16. The molecular formula is C46H84N2O4. The van der Waals surface area contributed by atoms with E-state index in [1.165, 1.54) is 154 Å². The van der Waals surface area contributed by atoms with Crippen LogP contribution in [0.2, 0.25) is 0 Å². The lowest BCUT2D eigenvalue weighted by molar-refractivity contribution is 0.0195. The van der Waals surface area contributed by atoms with Gasteiger partial charge in [0, 0.05) is 26.2 Å². The maximum absolute atomic E-state index is 13.0. The molecule has 6 heteroatoms. The maximum atomic E-state index is 13.0. The Bertz CT molecular complexity index is 826. The summed E-state index contributed by atoms with van der Waals surface area (Å²) in [5, 5.41) is 0. The van der Waals surface area contributed by atoms with Crippen LogP contribution in [0.1, 0.15) is 228 Å². The summed E-state index contributed by atoms with van der Waals surface area (Å²) in [4.78, 5) is 30.7. The molecule has 6 nitrogen and oxygen atoms in total. The van der Waals surface area contributed by atoms with Crippen molar-refractivity contribution in [2.75, 3.05) is 39.6 Å². The zero-order valence-electron chi connectivity index (χ0n) is 34.9. The number of benzene rings is 1. The van der Waals surface area contributed by atoms with E-state index >= 15 is 0 Å². The van der Waals surface area contributed by atoms with Crippen LogP contribution in [-0.4, -0.2) is 61.4 Å². The molecule has 0 atom stereocenters. The van der Waals surface area contributed by atoms with Gasteiger partial charge in [-0.15, -0.1) is 0 Å². The van der Waals surface area contributed by atoms with Crippen molar-refractivity contribution in [3.63, 3.8) is 0 Å². The molecule has 52 heavy (non-hydrogen) atoms. The van der Waals surface area contributed by atoms with E-state index < -0.39 is 0 Å². The monoisotopic (exact) mass is 729 g/mol. The van der Waals surface area contributed by atoms with Gasteiger partial charge in [-0.25, -0.2) is 9.59 Å². The van der Waals surface area contributed by atoms with Crippen molar-refractivity contribution in [2.24, 2.45) is 0 Å². The second-order valence-corrected chi connectivity index (χ2v) is 15.4. The molecule has 1 aromatic carbocycles. The number of ether oxygens (including phenoxy) is 2. The molecule has 0 bridgehead atoms. The zero-order valence-corrected chi connectivity index (χ0v) is 34.9. The van der Waals surface area contributed by atoms with Gasteiger partial charge in [-0.05, 0) is 49.9 Å². The first-order valence-corrected chi connectivity index (χ1v) is 22.4. The predicted octanol–water partition coefficient (Wildman–Crippen LogP) is 13.5. The van der Waals surface area contributed by atoms with Gasteiger partial charge in [0.15, 0.2) is 0 Å². The Morgan fingerprint density at radius 2 is 0.577 bits per heavy atom. The molecule has 0 aliphatic heterocycles. The summed E-state index contributed by atoms with van der Waals surface area (Å²) >= 11 is 0. The molecule has 0 N–H and O–H groups in total. The highest BCUT2D eigenvalue weighted by atomic mass is 16.5. The number of unbranched alkanes of at least 4 members (excludes halogenated alkanes) is 24. The number of carbonyl (C=O) groups is 2. The van der Waals surface area contributed by atoms with Gasteiger partial charge in [0.1, 0.15) is 13.5 Å². The van der Waals surface area contributed by atoms with Crippen molar-refractivity contribution >= 4 is 11.9 Å². The van der Waals surface area contributed by atoms with Crippen LogP contribution in [0.4, 0.5) is 0 Å². The van der Waals surface area contributed by atoms with E-state index in [0.717, 1.165) is 51.9 Å². The molecule has 0 spiro atoms. The average molecular weight is 729 g/mol. The highest BCUT2D eigenvalue weighted by Gasteiger charge is 2.15. The first-order chi connectivity index (χ1) is 25.5. The standard InChI is InChI=1S/C46H84N2O4/c1-5-9-13-17-21-25-29-37-47(38-30-26-22-18-14-10-6-2)41-51-45(49)43-33-35-44(36-34-43)46(50)52-42-48(39-31-27-23-19-15-11-7-3)40-32-28-24-20-16-12-8-4/h33-36H,5-32,37-42H2,1-4H3. The summed E-state index contributed by atoms with van der Waals surface area (Å²) < 4.78 is 11.6. The smallest absolute Gasteiger partial charge is 0.339 e. The fourth-order valence-corrected chi connectivity index (χ4v) is 6.86. The number of hydrogen-bond acceptors (Lipinski definition) is 6. The second-order valence-electron chi connectivity index (χ2n) is 15.4. The third-order valence-electron chi connectivity index (χ3n) is 10.4. The fourth-order valence-electron chi connectivity index (χ4n) is 6.86. The van der Waals surface area contributed by atoms with Crippen molar-refractivity contribution in [2.45, 2.75) is 207 Å². The Morgan fingerprint density at radius 3 is 0.808 bits per heavy atom. The summed E-state index contributed by atoms with van der Waals surface area (Å²) in [6.45, 7) is 13.6. The first-order valence-electron chi connectivity index (χ1n) is 22.4. The molecule has 1 rings (SSSR count). The van der Waals surface area contributed by atoms with Gasteiger partial charge in [-0.2, -0.15) is 0 Å². The SMILES string of the molecule is CCCCCCCCCN(CCCCCCCCC)COC(=O)c1ccc(C(=O)OCN(CCCCCCCCC)CCCCCCCCC)cc1. The molecule has 0 aliphatic rings. The predicted molar refractivity (Wildman–Crippen MR) is 222 cm³/mol. The molecule has 0 saturated heterocycles. The zero-order chi connectivity index (χ0) is 37.7. The Labute approximate surface area is 322 Å². The van der Waals surface area contributed by atoms with Gasteiger partial charge in [0.25, 0.3) is 0 Å². The number of nitrogens with zero attached hydrogens (tertiary/aromatic N) is 2. The number of rotatable bonds is 38. The van der Waals surface area contributed by atoms with Crippen molar-refractivity contribution in [3.8, 4) is 0 Å². The van der Waals surface area contributed by atoms with Gasteiger partial charge in [0.2, 0.25) is 0 Å². The van der Waals surface area contributed by atoms with E-state index in [1.807, 2.05) is 0 Å². The number of esters is 2. The maximum Gasteiger partial charge on any atom is 0.339 e. The molecule has 302 valence electrons. The third-order valence-corrected chi connectivity index (χ3v) is 10.4. The molecule has 0 fully saturated rings. The quantitative estimate of drug-likeness (QED) is 0.0384. The molecular weight excluding hydrogens is 645 g/mol. The lowest BCUT2D eigenvalue weighted by Gasteiger charge is -2.22. The normalized spacial score (nSPS) is 11.5. The van der Waals surface area contributed by atoms with E-state index in [0.29, 0.717) is 24.6 Å². The van der Waals surface area contributed by atoms with Gasteiger partial charge < -0.3 is 9.47 Å². The summed E-state index contributed by atoms with van der Waals surface area (Å²) in [5.74, 6) is -0.667. The molecule has 0 heterocycles. The molecule has 0 saturated carbocycles. The minimum atomic E-state index is -0.334. The highest BCUT2D eigenvalue weighted by Crippen LogP contribution is 2.14. The van der Waals surface area contributed by atoms with E-state index in [-0.39, 0.29) is 11.9 Å².